The van der Waals surface area contributed by atoms with Gasteiger partial charge in [0.15, 0.2) is 0 Å². The van der Waals surface area contributed by atoms with Crippen molar-refractivity contribution in [3.8, 4) is 0 Å². The molecule has 1 aliphatic heterocycles. The van der Waals surface area contributed by atoms with E-state index in [1.807, 2.05) is 31.0 Å². The average Bonchev–Trinajstić information content (AvgIpc) is 2.77. The van der Waals surface area contributed by atoms with Crippen molar-refractivity contribution in [2.75, 3.05) is 26.2 Å². The molecule has 2 amide bonds. The molecule has 0 saturated heterocycles. The molecule has 1 aliphatic carbocycles. The van der Waals surface area contributed by atoms with Gasteiger partial charge >= 0.3 is 0 Å². The van der Waals surface area contributed by atoms with Gasteiger partial charge in [0.1, 0.15) is 6.04 Å². The second-order valence-electron chi connectivity index (χ2n) is 8.28. The maximum atomic E-state index is 13.3. The minimum Gasteiger partial charge on any atom is -0.387 e. The number of hydrogen-bond donors (Lipinski definition) is 3. The third-order valence-electron chi connectivity index (χ3n) is 6.06. The largest absolute Gasteiger partial charge is 0.387 e. The molecule has 2 rings (SSSR count). The van der Waals surface area contributed by atoms with Gasteiger partial charge in [-0.25, -0.2) is 0 Å². The smallest absolute Gasteiger partial charge is 0.245 e. The fourth-order valence-corrected chi connectivity index (χ4v) is 4.08. The number of unbranched alkanes of at least 4 members (excludes halogenated alkanes) is 1. The number of likely N-dealkylation sites (N-methyl/N-ethyl adjacent to an activating group) is 1. The Bertz CT molecular complexity index is 581. The van der Waals surface area contributed by atoms with E-state index < -0.39 is 6.04 Å². The van der Waals surface area contributed by atoms with Gasteiger partial charge in [0.25, 0.3) is 0 Å². The van der Waals surface area contributed by atoms with Crippen LogP contribution in [0.3, 0.4) is 0 Å². The number of carbonyl (C=O) groups is 2. The number of nitrogens with zero attached hydrogens (tertiary/aromatic N) is 1. The first-order valence-corrected chi connectivity index (χ1v) is 11.5. The van der Waals surface area contributed by atoms with E-state index in [4.69, 9.17) is 0 Å². The molecule has 1 heterocycles. The number of rotatable bonds is 11. The predicted molar refractivity (Wildman–Crippen MR) is 118 cm³/mol. The van der Waals surface area contributed by atoms with E-state index in [-0.39, 0.29) is 23.8 Å². The molecular formula is C23H40N4O2. The van der Waals surface area contributed by atoms with E-state index in [0.717, 1.165) is 51.6 Å². The summed E-state index contributed by atoms with van der Waals surface area (Å²) in [6.45, 7) is 8.96. The molecule has 0 aromatic heterocycles. The van der Waals surface area contributed by atoms with Crippen LogP contribution in [0.5, 0.6) is 0 Å². The number of nitrogens with one attached hydrogen (secondary N) is 3. The van der Waals surface area contributed by atoms with Crippen LogP contribution in [0.15, 0.2) is 23.9 Å². The molecule has 3 N–H and O–H groups in total. The van der Waals surface area contributed by atoms with Gasteiger partial charge in [0, 0.05) is 26.2 Å². The maximum absolute atomic E-state index is 13.3. The van der Waals surface area contributed by atoms with Crippen molar-refractivity contribution in [2.45, 2.75) is 77.8 Å². The highest BCUT2D eigenvalue weighted by atomic mass is 16.2. The molecule has 6 nitrogen and oxygen atoms in total. The molecule has 29 heavy (non-hydrogen) atoms. The van der Waals surface area contributed by atoms with E-state index in [9.17, 15) is 9.59 Å². The molecule has 2 aliphatic rings. The Labute approximate surface area is 176 Å². The average molecular weight is 405 g/mol. The fourth-order valence-electron chi connectivity index (χ4n) is 4.08. The number of hydrogen-bond acceptors (Lipinski definition) is 4. The zero-order valence-corrected chi connectivity index (χ0v) is 18.5. The number of amides is 2. The van der Waals surface area contributed by atoms with Gasteiger partial charge in [0.2, 0.25) is 11.8 Å². The molecule has 0 spiro atoms. The van der Waals surface area contributed by atoms with E-state index in [0.29, 0.717) is 13.1 Å². The van der Waals surface area contributed by atoms with Gasteiger partial charge < -0.3 is 20.9 Å². The molecule has 0 aromatic carbocycles. The monoisotopic (exact) mass is 404 g/mol. The standard InChI is InChI=1S/C23H40N4O2/c1-4-6-16-27(5-2)23(29)21(20-10-8-7-9-11-20)26-22(28)18(3)25-17-19-12-14-24-15-13-19/h12-14,18,20-21,24-25H,4-11,15-17H2,1-3H3,(H,26,28). The summed E-state index contributed by atoms with van der Waals surface area (Å²) in [5.41, 5.74) is 1.17. The normalized spacial score (nSPS) is 19.1. The molecule has 1 fully saturated rings. The molecule has 0 bridgehead atoms. The summed E-state index contributed by atoms with van der Waals surface area (Å²) >= 11 is 0. The van der Waals surface area contributed by atoms with Gasteiger partial charge in [-0.05, 0) is 56.9 Å². The highest BCUT2D eigenvalue weighted by Gasteiger charge is 2.34. The van der Waals surface area contributed by atoms with Crippen LogP contribution in [0.1, 0.15) is 65.7 Å². The van der Waals surface area contributed by atoms with Crippen molar-refractivity contribution >= 4 is 11.8 Å². The van der Waals surface area contributed by atoms with Gasteiger partial charge in [-0.15, -0.1) is 0 Å². The topological polar surface area (TPSA) is 73.5 Å². The second kappa shape index (κ2) is 12.7. The Balaban J connectivity index is 1.99. The quantitative estimate of drug-likeness (QED) is 0.495. The first-order chi connectivity index (χ1) is 14.1. The summed E-state index contributed by atoms with van der Waals surface area (Å²) in [4.78, 5) is 28.1. The van der Waals surface area contributed by atoms with E-state index >= 15 is 0 Å². The Morgan fingerprint density at radius 1 is 1.24 bits per heavy atom. The Morgan fingerprint density at radius 2 is 2.00 bits per heavy atom. The minimum absolute atomic E-state index is 0.0843. The lowest BCUT2D eigenvalue weighted by Crippen LogP contribution is -2.56. The zero-order valence-electron chi connectivity index (χ0n) is 18.5. The van der Waals surface area contributed by atoms with Crippen LogP contribution in [0.25, 0.3) is 0 Å². The first-order valence-electron chi connectivity index (χ1n) is 11.5. The van der Waals surface area contributed by atoms with Gasteiger partial charge in [-0.2, -0.15) is 0 Å². The van der Waals surface area contributed by atoms with Gasteiger partial charge in [0.05, 0.1) is 6.04 Å². The van der Waals surface area contributed by atoms with Crippen LogP contribution >= 0.6 is 0 Å². The van der Waals surface area contributed by atoms with E-state index in [2.05, 4.69) is 29.0 Å². The van der Waals surface area contributed by atoms with Crippen LogP contribution < -0.4 is 16.0 Å². The van der Waals surface area contributed by atoms with Gasteiger partial charge in [-0.3, -0.25) is 9.59 Å². The lowest BCUT2D eigenvalue weighted by atomic mass is 9.83. The lowest BCUT2D eigenvalue weighted by Gasteiger charge is -2.34. The van der Waals surface area contributed by atoms with Crippen LogP contribution in [0.4, 0.5) is 0 Å². The second-order valence-corrected chi connectivity index (χ2v) is 8.28. The van der Waals surface area contributed by atoms with E-state index in [1.54, 1.807) is 0 Å². The van der Waals surface area contributed by atoms with Crippen molar-refractivity contribution in [2.24, 2.45) is 5.92 Å². The molecule has 1 saturated carbocycles. The van der Waals surface area contributed by atoms with E-state index in [1.165, 1.54) is 12.0 Å². The van der Waals surface area contributed by atoms with Crippen molar-refractivity contribution in [3.05, 3.63) is 23.9 Å². The summed E-state index contributed by atoms with van der Waals surface area (Å²) in [6, 6.07) is -0.745. The molecule has 2 unspecified atom stereocenters. The number of dihydropyridines is 1. The summed E-state index contributed by atoms with van der Waals surface area (Å²) in [6.07, 6.45) is 13.7. The Morgan fingerprint density at radius 3 is 2.62 bits per heavy atom. The van der Waals surface area contributed by atoms with Crippen LogP contribution in [0.2, 0.25) is 0 Å². The van der Waals surface area contributed by atoms with Crippen LogP contribution in [-0.2, 0) is 9.59 Å². The Hall–Kier alpha value is -1.82. The van der Waals surface area contributed by atoms with Crippen LogP contribution in [0, 0.1) is 5.92 Å². The van der Waals surface area contributed by atoms with Crippen molar-refractivity contribution in [1.82, 2.24) is 20.9 Å². The first kappa shape index (κ1) is 23.5. The molecule has 0 radical (unpaired) electrons. The van der Waals surface area contributed by atoms with Gasteiger partial charge in [-0.1, -0.05) is 38.7 Å². The SMILES string of the molecule is CCCCN(CC)C(=O)C(NC(=O)C(C)NCC1=CCNC=C1)C1CCCCC1. The zero-order chi connectivity index (χ0) is 21.1. The summed E-state index contributed by atoms with van der Waals surface area (Å²) in [5.74, 6) is 0.259. The summed E-state index contributed by atoms with van der Waals surface area (Å²) in [5, 5.41) is 9.54. The van der Waals surface area contributed by atoms with Crippen molar-refractivity contribution in [1.29, 1.82) is 0 Å². The number of carbonyl (C=O) groups excluding carboxylic acids is 2. The summed E-state index contributed by atoms with van der Waals surface area (Å²) in [7, 11) is 0. The predicted octanol–water partition coefficient (Wildman–Crippen LogP) is 2.72. The molecule has 0 aromatic rings. The summed E-state index contributed by atoms with van der Waals surface area (Å²) < 4.78 is 0. The van der Waals surface area contributed by atoms with Crippen LogP contribution in [-0.4, -0.2) is 55.0 Å². The molecule has 2 atom stereocenters. The minimum atomic E-state index is -0.401. The van der Waals surface area contributed by atoms with Crippen molar-refractivity contribution in [3.63, 3.8) is 0 Å². The molecule has 6 heteroatoms. The highest BCUT2D eigenvalue weighted by molar-refractivity contribution is 5.90. The lowest BCUT2D eigenvalue weighted by molar-refractivity contribution is -0.138. The Kier molecular flexibility index (Phi) is 10.3. The maximum Gasteiger partial charge on any atom is 0.245 e. The molecule has 164 valence electrons. The van der Waals surface area contributed by atoms with Crippen molar-refractivity contribution < 1.29 is 9.59 Å². The third kappa shape index (κ3) is 7.50. The highest BCUT2D eigenvalue weighted by Crippen LogP contribution is 2.27. The fraction of sp³-hybridized carbons (Fsp3) is 0.739. The molecular weight excluding hydrogens is 364 g/mol. The third-order valence-corrected chi connectivity index (χ3v) is 6.06.